The zero-order valence-electron chi connectivity index (χ0n) is 28.7. The number of ether oxygens (including phenoxy) is 1. The lowest BCUT2D eigenvalue weighted by Gasteiger charge is -2.62. The zero-order chi connectivity index (χ0) is 35.5. The fraction of sp³-hybridized carbons (Fsp3) is 0.500. The van der Waals surface area contributed by atoms with Crippen molar-refractivity contribution < 1.29 is 32.5 Å². The molecule has 270 valence electrons. The highest BCUT2D eigenvalue weighted by Gasteiger charge is 2.62. The molecular weight excluding hydrogens is 748 g/mol. The van der Waals surface area contributed by atoms with Crippen LogP contribution >= 0.6 is 15.9 Å². The number of aromatic amines is 2. The van der Waals surface area contributed by atoms with Gasteiger partial charge in [0.25, 0.3) is 0 Å². The Morgan fingerprint density at radius 2 is 1.67 bits per heavy atom. The third-order valence-corrected chi connectivity index (χ3v) is 15.4. The maximum Gasteiger partial charge on any atom is 0.552 e. The Kier molecular flexibility index (Phi) is 7.84. The molecule has 0 amide bonds. The van der Waals surface area contributed by atoms with Crippen LogP contribution in [-0.4, -0.2) is 82.5 Å². The minimum absolute atomic E-state index is 0.0357. The molecule has 0 spiro atoms. The van der Waals surface area contributed by atoms with Gasteiger partial charge in [0.15, 0.2) is 0 Å². The number of hydrogen-bond acceptors (Lipinski definition) is 9. The van der Waals surface area contributed by atoms with Gasteiger partial charge in [-0.05, 0) is 110 Å². The monoisotopic (exact) mass is 787 g/mol. The topological polar surface area (TPSA) is 172 Å². The Morgan fingerprint density at radius 3 is 2.40 bits per heavy atom. The summed E-state index contributed by atoms with van der Waals surface area (Å²) >= 11 is 4.35. The summed E-state index contributed by atoms with van der Waals surface area (Å²) in [6.45, 7) is 0.402. The Bertz CT molecular complexity index is 2260. The molecule has 5 aliphatic carbocycles. The van der Waals surface area contributed by atoms with Crippen LogP contribution in [0, 0.1) is 29.6 Å². The standard InChI is InChI=1S/C36H40B2BrN5O7S/c1-49-7-2-8-52(47,48)44-22-11-18(12-22)25-15-38(46)51-33-30(25)24-4-6-41-35(24)43-32(33)31-19-9-20-13-36(31,39)14-21(10-19)28(20)26-16-37(45)50-27-17-42-34-23(29(26)27)3-5-40-34/h3-6,15-22,28,31,44-46H,2,7-14H2,1H3,(H,40,42)(H,41,43). The molecule has 0 aromatic carbocycles. The number of sulfonamides is 1. The van der Waals surface area contributed by atoms with Gasteiger partial charge in [-0.3, -0.25) is 0 Å². The second-order valence-corrected chi connectivity index (χ2v) is 19.2. The van der Waals surface area contributed by atoms with Crippen molar-refractivity contribution in [2.75, 3.05) is 19.5 Å². The normalized spacial score (nSPS) is 31.9. The third kappa shape index (κ3) is 5.26. The average molecular weight is 788 g/mol. The molecule has 4 aromatic rings. The summed E-state index contributed by atoms with van der Waals surface area (Å²) in [5.41, 5.74) is 6.66. The maximum absolute atomic E-state index is 12.7. The molecule has 16 heteroatoms. The van der Waals surface area contributed by atoms with E-state index in [-0.39, 0.29) is 33.9 Å². The molecule has 2 aliphatic heterocycles. The molecule has 6 heterocycles. The first-order chi connectivity index (χ1) is 25.1. The van der Waals surface area contributed by atoms with Gasteiger partial charge in [0.05, 0.1) is 17.6 Å². The molecule has 52 heavy (non-hydrogen) atoms. The lowest BCUT2D eigenvalue weighted by atomic mass is 9.45. The molecule has 12 nitrogen and oxygen atoms in total. The number of H-pyrrole nitrogens is 2. The third-order valence-electron chi connectivity index (χ3n) is 12.7. The zero-order valence-corrected chi connectivity index (χ0v) is 31.1. The van der Waals surface area contributed by atoms with Crippen LogP contribution in [-0.2, 0) is 14.8 Å². The summed E-state index contributed by atoms with van der Waals surface area (Å²) in [5, 5.41) is 23.9. The van der Waals surface area contributed by atoms with Crippen molar-refractivity contribution in [2.24, 2.45) is 29.6 Å². The predicted octanol–water partition coefficient (Wildman–Crippen LogP) is 4.75. The first-order valence-electron chi connectivity index (χ1n) is 18.4. The summed E-state index contributed by atoms with van der Waals surface area (Å²) in [6, 6.07) is 3.91. The van der Waals surface area contributed by atoms with Gasteiger partial charge in [-0.2, -0.15) is 0 Å². The van der Waals surface area contributed by atoms with Crippen LogP contribution in [0.5, 0.6) is 11.5 Å². The molecule has 0 saturated heterocycles. The highest BCUT2D eigenvalue weighted by atomic mass is 79.9. The molecular formula is C36H40B2BrN5O7S. The van der Waals surface area contributed by atoms with E-state index in [1.54, 1.807) is 19.3 Å². The van der Waals surface area contributed by atoms with E-state index in [2.05, 4.69) is 35.6 Å². The number of halogens is 1. The van der Waals surface area contributed by atoms with E-state index in [1.807, 2.05) is 30.5 Å². The molecule has 5 fully saturated rings. The summed E-state index contributed by atoms with van der Waals surface area (Å²) < 4.78 is 45.3. The molecule has 7 aliphatic rings. The van der Waals surface area contributed by atoms with E-state index in [9.17, 15) is 18.5 Å². The minimum atomic E-state index is -3.41. The Morgan fingerprint density at radius 1 is 0.981 bits per heavy atom. The Labute approximate surface area is 310 Å². The highest BCUT2D eigenvalue weighted by Crippen LogP contribution is 2.70. The van der Waals surface area contributed by atoms with Gasteiger partial charge in [-0.15, -0.1) is 0 Å². The quantitative estimate of drug-likeness (QED) is 0.0913. The number of methoxy groups -OCH3 is 1. The van der Waals surface area contributed by atoms with Crippen molar-refractivity contribution in [1.29, 1.82) is 0 Å². The number of aromatic nitrogens is 4. The van der Waals surface area contributed by atoms with Crippen LogP contribution in [0.15, 0.2) is 42.7 Å². The summed E-state index contributed by atoms with van der Waals surface area (Å²) in [7, 11) is -3.97. The highest BCUT2D eigenvalue weighted by molar-refractivity contribution is 9.10. The molecule has 5 N–H and O–H groups in total. The average Bonchev–Trinajstić information content (AvgIpc) is 3.75. The van der Waals surface area contributed by atoms with Gasteiger partial charge in [0.2, 0.25) is 10.0 Å². The van der Waals surface area contributed by atoms with Crippen LogP contribution in [0.2, 0.25) is 0 Å². The number of nitrogens with zero attached hydrogens (tertiary/aromatic N) is 2. The Balaban J connectivity index is 0.961. The van der Waals surface area contributed by atoms with Gasteiger partial charge in [0.1, 0.15) is 22.8 Å². The first kappa shape index (κ1) is 33.4. The number of allylic oxidation sites excluding steroid dienone is 2. The smallest absolute Gasteiger partial charge is 0.531 e. The summed E-state index contributed by atoms with van der Waals surface area (Å²) in [5.74, 6) is 6.60. The van der Waals surface area contributed by atoms with Crippen LogP contribution in [0.1, 0.15) is 67.7 Å². The van der Waals surface area contributed by atoms with Crippen molar-refractivity contribution in [1.82, 2.24) is 24.7 Å². The first-order valence-corrected chi connectivity index (χ1v) is 20.8. The van der Waals surface area contributed by atoms with Gasteiger partial charge in [-0.1, -0.05) is 15.9 Å². The fourth-order valence-corrected chi connectivity index (χ4v) is 13.7. The van der Waals surface area contributed by atoms with Gasteiger partial charge in [-0.25, -0.2) is 23.1 Å². The lowest BCUT2D eigenvalue weighted by molar-refractivity contribution is -0.0129. The van der Waals surface area contributed by atoms with Gasteiger partial charge in [0, 0.05) is 64.3 Å². The number of pyridine rings is 2. The molecule has 3 unspecified atom stereocenters. The number of hydrogen-bond donors (Lipinski definition) is 5. The summed E-state index contributed by atoms with van der Waals surface area (Å²) in [6.07, 6.45) is 11.2. The van der Waals surface area contributed by atoms with Gasteiger partial charge >= 0.3 is 14.2 Å². The lowest BCUT2D eigenvalue weighted by Crippen LogP contribution is -2.57. The predicted molar refractivity (Wildman–Crippen MR) is 202 cm³/mol. The number of nitrogens with one attached hydrogen (secondary N) is 3. The fourth-order valence-electron chi connectivity index (χ4n) is 11.0. The van der Waals surface area contributed by atoms with Crippen LogP contribution in [0.3, 0.4) is 0 Å². The second-order valence-electron chi connectivity index (χ2n) is 15.8. The largest absolute Gasteiger partial charge is 0.552 e. The second kappa shape index (κ2) is 12.2. The molecule has 0 radical (unpaired) electrons. The van der Waals surface area contributed by atoms with Gasteiger partial charge < -0.3 is 34.1 Å². The van der Waals surface area contributed by atoms with E-state index in [1.165, 1.54) is 5.57 Å². The van der Waals surface area contributed by atoms with E-state index in [0.717, 1.165) is 70.1 Å². The van der Waals surface area contributed by atoms with E-state index >= 15 is 0 Å². The van der Waals surface area contributed by atoms with Crippen molar-refractivity contribution in [3.8, 4) is 11.5 Å². The SMILES string of the molecule is COCCCS(=O)(=O)NC1CC(C2=CB(O)Oc3c(C4C5CC6CC4(Br)CC(C5)C6C4=CB(O)Oc5cnc6[nH]ccc6c54)nc4[nH]ccc4c32)C1. The number of rotatable bonds is 9. The minimum Gasteiger partial charge on any atom is -0.531 e. The van der Waals surface area contributed by atoms with Crippen molar-refractivity contribution in [3.05, 3.63) is 59.5 Å². The van der Waals surface area contributed by atoms with Crippen LogP contribution in [0.4, 0.5) is 0 Å². The van der Waals surface area contributed by atoms with Crippen molar-refractivity contribution in [3.63, 3.8) is 0 Å². The molecule has 11 rings (SSSR count). The Hall–Kier alpha value is -3.14. The van der Waals surface area contributed by atoms with Crippen LogP contribution < -0.4 is 14.0 Å². The molecule has 4 bridgehead atoms. The van der Waals surface area contributed by atoms with E-state index < -0.39 is 24.3 Å². The number of alkyl halides is 1. The maximum atomic E-state index is 12.7. The van der Waals surface area contributed by atoms with Crippen molar-refractivity contribution >= 4 is 73.4 Å². The summed E-state index contributed by atoms with van der Waals surface area (Å²) in [4.78, 5) is 16.4. The van der Waals surface area contributed by atoms with Crippen molar-refractivity contribution in [2.45, 2.75) is 61.2 Å². The number of fused-ring (bicyclic) bond motifs is 6. The van der Waals surface area contributed by atoms with E-state index in [4.69, 9.17) is 19.0 Å². The molecule has 4 aromatic heterocycles. The van der Waals surface area contributed by atoms with E-state index in [0.29, 0.717) is 55.1 Å². The molecule has 5 saturated carbocycles. The molecule has 3 atom stereocenters. The van der Waals surface area contributed by atoms with Crippen LogP contribution in [0.25, 0.3) is 33.2 Å².